The lowest BCUT2D eigenvalue weighted by molar-refractivity contribution is 0.118. The summed E-state index contributed by atoms with van der Waals surface area (Å²) < 4.78 is 2.27. The minimum Gasteiger partial charge on any atom is -0.333 e. The van der Waals surface area contributed by atoms with Crippen LogP contribution in [-0.2, 0) is 13.1 Å². The molecule has 4 heteroatoms. The van der Waals surface area contributed by atoms with Gasteiger partial charge >= 0.3 is 0 Å². The summed E-state index contributed by atoms with van der Waals surface area (Å²) in [6, 6.07) is 0.536. The third-order valence-corrected chi connectivity index (χ3v) is 4.33. The Morgan fingerprint density at radius 1 is 1.42 bits per heavy atom. The molecule has 1 aliphatic heterocycles. The lowest BCUT2D eigenvalue weighted by Crippen LogP contribution is -2.48. The first kappa shape index (κ1) is 14.5. The van der Waals surface area contributed by atoms with E-state index in [1.165, 1.54) is 12.2 Å². The molecule has 0 aliphatic carbocycles. The second-order valence-corrected chi connectivity index (χ2v) is 6.41. The molecule has 0 saturated carbocycles. The van der Waals surface area contributed by atoms with Crippen LogP contribution in [0.15, 0.2) is 12.4 Å². The summed E-state index contributed by atoms with van der Waals surface area (Å²) in [5.41, 5.74) is 0.282. The molecule has 0 saturated heterocycles. The van der Waals surface area contributed by atoms with Crippen molar-refractivity contribution in [3.8, 4) is 0 Å². The van der Waals surface area contributed by atoms with Crippen molar-refractivity contribution in [3.05, 3.63) is 18.2 Å². The van der Waals surface area contributed by atoms with Crippen LogP contribution >= 0.6 is 0 Å². The van der Waals surface area contributed by atoms with Crippen LogP contribution in [0.1, 0.15) is 39.9 Å². The summed E-state index contributed by atoms with van der Waals surface area (Å²) in [6.07, 6.45) is 5.19. The Hall–Kier alpha value is -0.870. The maximum absolute atomic E-state index is 4.44. The van der Waals surface area contributed by atoms with Gasteiger partial charge in [0.1, 0.15) is 5.82 Å². The molecule has 0 radical (unpaired) electrons. The first-order valence-electron chi connectivity index (χ1n) is 7.48. The van der Waals surface area contributed by atoms with E-state index in [2.05, 4.69) is 53.7 Å². The summed E-state index contributed by atoms with van der Waals surface area (Å²) >= 11 is 0. The van der Waals surface area contributed by atoms with Crippen LogP contribution in [0.25, 0.3) is 0 Å². The largest absolute Gasteiger partial charge is 0.333 e. The maximum atomic E-state index is 4.44. The van der Waals surface area contributed by atoms with E-state index in [0.29, 0.717) is 6.04 Å². The molecule has 2 rings (SSSR count). The first-order chi connectivity index (χ1) is 9.03. The molecule has 1 aromatic heterocycles. The van der Waals surface area contributed by atoms with Gasteiger partial charge in [-0.1, -0.05) is 20.8 Å². The van der Waals surface area contributed by atoms with Crippen molar-refractivity contribution < 1.29 is 0 Å². The minimum absolute atomic E-state index is 0.282. The molecule has 2 heterocycles. The molecule has 19 heavy (non-hydrogen) atoms. The van der Waals surface area contributed by atoms with Gasteiger partial charge in [0.25, 0.3) is 0 Å². The molecule has 0 amide bonds. The highest BCUT2D eigenvalue weighted by atomic mass is 15.2. The second kappa shape index (κ2) is 6.06. The van der Waals surface area contributed by atoms with Crippen molar-refractivity contribution >= 4 is 0 Å². The summed E-state index contributed by atoms with van der Waals surface area (Å²) in [4.78, 5) is 6.97. The van der Waals surface area contributed by atoms with Crippen LogP contribution in [0.5, 0.6) is 0 Å². The fraction of sp³-hybridized carbons (Fsp3) is 0.800. The normalized spacial score (nSPS) is 18.3. The van der Waals surface area contributed by atoms with Crippen molar-refractivity contribution in [2.75, 3.05) is 19.6 Å². The SMILES string of the molecule is CCCNC(C)C(C)(C)CN1CCn2ccnc2C1. The highest BCUT2D eigenvalue weighted by Gasteiger charge is 2.29. The van der Waals surface area contributed by atoms with Crippen LogP contribution in [0, 0.1) is 5.41 Å². The Morgan fingerprint density at radius 2 is 2.21 bits per heavy atom. The van der Waals surface area contributed by atoms with Crippen molar-refractivity contribution in [1.29, 1.82) is 0 Å². The summed E-state index contributed by atoms with van der Waals surface area (Å²) in [7, 11) is 0. The van der Waals surface area contributed by atoms with Gasteiger partial charge in [0.2, 0.25) is 0 Å². The van der Waals surface area contributed by atoms with E-state index in [1.54, 1.807) is 0 Å². The van der Waals surface area contributed by atoms with E-state index in [1.807, 2.05) is 6.20 Å². The molecule has 1 aliphatic rings. The Kier molecular flexibility index (Phi) is 4.63. The Balaban J connectivity index is 1.90. The molecule has 1 unspecified atom stereocenters. The van der Waals surface area contributed by atoms with Gasteiger partial charge in [-0.3, -0.25) is 4.90 Å². The summed E-state index contributed by atoms with van der Waals surface area (Å²) in [6.45, 7) is 14.7. The van der Waals surface area contributed by atoms with Crippen molar-refractivity contribution in [1.82, 2.24) is 19.8 Å². The molecule has 0 fully saturated rings. The predicted molar refractivity (Wildman–Crippen MR) is 79.0 cm³/mol. The number of fused-ring (bicyclic) bond motifs is 1. The number of hydrogen-bond acceptors (Lipinski definition) is 3. The molecule has 0 aromatic carbocycles. The molecule has 4 nitrogen and oxygen atoms in total. The standard InChI is InChI=1S/C15H28N4/c1-5-6-16-13(2)15(3,4)12-18-9-10-19-8-7-17-14(19)11-18/h7-8,13,16H,5-6,9-12H2,1-4H3. The lowest BCUT2D eigenvalue weighted by atomic mass is 9.84. The number of nitrogens with one attached hydrogen (secondary N) is 1. The predicted octanol–water partition coefficient (Wildman–Crippen LogP) is 2.11. The molecular weight excluding hydrogens is 236 g/mol. The van der Waals surface area contributed by atoms with Crippen LogP contribution < -0.4 is 5.32 Å². The average Bonchev–Trinajstić information content (AvgIpc) is 2.82. The Bertz CT molecular complexity index is 397. The van der Waals surface area contributed by atoms with E-state index in [0.717, 1.165) is 32.7 Å². The fourth-order valence-corrected chi connectivity index (χ4v) is 2.71. The van der Waals surface area contributed by atoms with E-state index >= 15 is 0 Å². The number of aromatic nitrogens is 2. The number of nitrogens with zero attached hydrogens (tertiary/aromatic N) is 3. The molecule has 1 atom stereocenters. The highest BCUT2D eigenvalue weighted by molar-refractivity contribution is 4.96. The fourth-order valence-electron chi connectivity index (χ4n) is 2.71. The van der Waals surface area contributed by atoms with Crippen LogP contribution in [-0.4, -0.2) is 40.1 Å². The number of imidazole rings is 1. The van der Waals surface area contributed by atoms with Gasteiger partial charge < -0.3 is 9.88 Å². The van der Waals surface area contributed by atoms with Gasteiger partial charge in [0.15, 0.2) is 0 Å². The topological polar surface area (TPSA) is 33.1 Å². The van der Waals surface area contributed by atoms with Gasteiger partial charge in [-0.05, 0) is 25.3 Å². The molecule has 108 valence electrons. The van der Waals surface area contributed by atoms with Gasteiger partial charge in [0.05, 0.1) is 6.54 Å². The monoisotopic (exact) mass is 264 g/mol. The second-order valence-electron chi connectivity index (χ2n) is 6.41. The molecule has 0 spiro atoms. The lowest BCUT2D eigenvalue weighted by Gasteiger charge is -2.39. The third kappa shape index (κ3) is 3.57. The number of hydrogen-bond donors (Lipinski definition) is 1. The van der Waals surface area contributed by atoms with Crippen molar-refractivity contribution in [2.24, 2.45) is 5.41 Å². The van der Waals surface area contributed by atoms with Gasteiger partial charge in [0, 0.05) is 38.1 Å². The van der Waals surface area contributed by atoms with E-state index < -0.39 is 0 Å². The van der Waals surface area contributed by atoms with Gasteiger partial charge in [-0.2, -0.15) is 0 Å². The quantitative estimate of drug-likeness (QED) is 0.854. The van der Waals surface area contributed by atoms with E-state index in [4.69, 9.17) is 0 Å². The van der Waals surface area contributed by atoms with Crippen LogP contribution in [0.2, 0.25) is 0 Å². The molecular formula is C15H28N4. The molecule has 1 aromatic rings. The van der Waals surface area contributed by atoms with Crippen molar-refractivity contribution in [2.45, 2.75) is 53.2 Å². The summed E-state index contributed by atoms with van der Waals surface area (Å²) in [5.74, 6) is 1.20. The minimum atomic E-state index is 0.282. The van der Waals surface area contributed by atoms with Gasteiger partial charge in [-0.15, -0.1) is 0 Å². The maximum Gasteiger partial charge on any atom is 0.122 e. The van der Waals surface area contributed by atoms with E-state index in [-0.39, 0.29) is 5.41 Å². The highest BCUT2D eigenvalue weighted by Crippen LogP contribution is 2.24. The van der Waals surface area contributed by atoms with E-state index in [9.17, 15) is 0 Å². The summed E-state index contributed by atoms with van der Waals surface area (Å²) in [5, 5.41) is 3.63. The Morgan fingerprint density at radius 3 is 2.95 bits per heavy atom. The van der Waals surface area contributed by atoms with Crippen LogP contribution in [0.4, 0.5) is 0 Å². The zero-order valence-electron chi connectivity index (χ0n) is 12.8. The van der Waals surface area contributed by atoms with Gasteiger partial charge in [-0.25, -0.2) is 4.98 Å². The molecule has 0 bridgehead atoms. The average molecular weight is 264 g/mol. The third-order valence-electron chi connectivity index (χ3n) is 4.33. The van der Waals surface area contributed by atoms with Crippen LogP contribution in [0.3, 0.4) is 0 Å². The zero-order valence-corrected chi connectivity index (χ0v) is 12.8. The zero-order chi connectivity index (χ0) is 13.9. The Labute approximate surface area is 117 Å². The smallest absolute Gasteiger partial charge is 0.122 e. The number of rotatable bonds is 6. The first-order valence-corrected chi connectivity index (χ1v) is 7.48. The molecule has 1 N–H and O–H groups in total. The van der Waals surface area contributed by atoms with Crippen molar-refractivity contribution in [3.63, 3.8) is 0 Å².